The molecule has 0 unspecified atom stereocenters. The third kappa shape index (κ3) is 4.61. The number of hydrogen-bond acceptors (Lipinski definition) is 5. The monoisotopic (exact) mass is 368 g/mol. The van der Waals surface area contributed by atoms with Crippen LogP contribution in [-0.4, -0.2) is 50.6 Å². The van der Waals surface area contributed by atoms with E-state index in [1.54, 1.807) is 14.0 Å². The molecule has 0 aromatic heterocycles. The highest BCUT2D eigenvalue weighted by molar-refractivity contribution is 5.94. The summed E-state index contributed by atoms with van der Waals surface area (Å²) in [5, 5.41) is 0. The van der Waals surface area contributed by atoms with Crippen molar-refractivity contribution in [3.8, 4) is 11.5 Å². The molecule has 0 saturated carbocycles. The van der Waals surface area contributed by atoms with Gasteiger partial charge in [-0.3, -0.25) is 9.69 Å². The zero-order chi connectivity index (χ0) is 19.2. The summed E-state index contributed by atoms with van der Waals surface area (Å²) in [4.78, 5) is 16.5. The predicted molar refractivity (Wildman–Crippen MR) is 108 cm³/mol. The second kappa shape index (κ2) is 8.91. The van der Waals surface area contributed by atoms with Crippen LogP contribution in [-0.2, 0) is 6.54 Å². The standard InChI is InChI=1S/C22H28N2O3/c1-4-27-22-8-6-5-7-20(22)24-13-11-23(12-14-24)16-19-15-18(17(2)25)9-10-21(19)26-3/h5-10,15H,4,11-14,16H2,1-3H3. The lowest BCUT2D eigenvalue weighted by Gasteiger charge is -2.37. The van der Waals surface area contributed by atoms with Crippen LogP contribution in [0, 0.1) is 0 Å². The number of anilines is 1. The van der Waals surface area contributed by atoms with Crippen LogP contribution in [0.1, 0.15) is 29.8 Å². The number of piperazine rings is 1. The van der Waals surface area contributed by atoms with Gasteiger partial charge in [0.2, 0.25) is 0 Å². The van der Waals surface area contributed by atoms with Crippen LogP contribution in [0.3, 0.4) is 0 Å². The molecule has 1 aliphatic heterocycles. The molecular formula is C22H28N2O3. The lowest BCUT2D eigenvalue weighted by Crippen LogP contribution is -2.46. The van der Waals surface area contributed by atoms with E-state index >= 15 is 0 Å². The summed E-state index contributed by atoms with van der Waals surface area (Å²) in [6.07, 6.45) is 0. The van der Waals surface area contributed by atoms with E-state index in [0.717, 1.165) is 61.0 Å². The minimum Gasteiger partial charge on any atom is -0.496 e. The SMILES string of the molecule is CCOc1ccccc1N1CCN(Cc2cc(C(C)=O)ccc2OC)CC1. The highest BCUT2D eigenvalue weighted by atomic mass is 16.5. The first kappa shape index (κ1) is 19.2. The van der Waals surface area contributed by atoms with Crippen LogP contribution >= 0.6 is 0 Å². The molecule has 1 saturated heterocycles. The van der Waals surface area contributed by atoms with Gasteiger partial charge < -0.3 is 14.4 Å². The molecule has 5 heteroatoms. The number of carbonyl (C=O) groups is 1. The van der Waals surface area contributed by atoms with E-state index < -0.39 is 0 Å². The van der Waals surface area contributed by atoms with Crippen LogP contribution < -0.4 is 14.4 Å². The fourth-order valence-corrected chi connectivity index (χ4v) is 3.50. The molecule has 0 aliphatic carbocycles. The molecular weight excluding hydrogens is 340 g/mol. The summed E-state index contributed by atoms with van der Waals surface area (Å²) < 4.78 is 11.3. The maximum atomic E-state index is 11.7. The first-order chi connectivity index (χ1) is 13.1. The number of nitrogens with zero attached hydrogens (tertiary/aromatic N) is 2. The molecule has 2 aromatic carbocycles. The van der Waals surface area contributed by atoms with Crippen molar-refractivity contribution < 1.29 is 14.3 Å². The van der Waals surface area contributed by atoms with Crippen molar-refractivity contribution in [1.82, 2.24) is 4.90 Å². The minimum atomic E-state index is 0.0799. The number of hydrogen-bond donors (Lipinski definition) is 0. The van der Waals surface area contributed by atoms with Crippen LogP contribution in [0.5, 0.6) is 11.5 Å². The second-order valence-corrected chi connectivity index (χ2v) is 6.75. The molecule has 3 rings (SSSR count). The van der Waals surface area contributed by atoms with Crippen LogP contribution in [0.15, 0.2) is 42.5 Å². The third-order valence-electron chi connectivity index (χ3n) is 4.96. The van der Waals surface area contributed by atoms with Gasteiger partial charge in [-0.1, -0.05) is 12.1 Å². The first-order valence-electron chi connectivity index (χ1n) is 9.49. The maximum Gasteiger partial charge on any atom is 0.159 e. The summed E-state index contributed by atoms with van der Waals surface area (Å²) in [6.45, 7) is 8.85. The van der Waals surface area contributed by atoms with Crippen molar-refractivity contribution >= 4 is 11.5 Å². The molecule has 1 fully saturated rings. The summed E-state index contributed by atoms with van der Waals surface area (Å²) in [6, 6.07) is 13.9. The van der Waals surface area contributed by atoms with Gasteiger partial charge in [0.15, 0.2) is 5.78 Å². The van der Waals surface area contributed by atoms with Crippen LogP contribution in [0.25, 0.3) is 0 Å². The molecule has 0 spiro atoms. The Bertz CT molecular complexity index is 783. The largest absolute Gasteiger partial charge is 0.496 e. The summed E-state index contributed by atoms with van der Waals surface area (Å²) in [5.74, 6) is 1.87. The highest BCUT2D eigenvalue weighted by Gasteiger charge is 2.21. The molecule has 0 atom stereocenters. The molecule has 1 aliphatic rings. The Morgan fingerprint density at radius 3 is 2.44 bits per heavy atom. The van der Waals surface area contributed by atoms with Gasteiger partial charge in [0.25, 0.3) is 0 Å². The second-order valence-electron chi connectivity index (χ2n) is 6.75. The van der Waals surface area contributed by atoms with Crippen molar-refractivity contribution in [3.05, 3.63) is 53.6 Å². The van der Waals surface area contributed by atoms with Crippen molar-refractivity contribution in [2.75, 3.05) is 44.8 Å². The molecule has 2 aromatic rings. The molecule has 5 nitrogen and oxygen atoms in total. The molecule has 0 bridgehead atoms. The number of para-hydroxylation sites is 2. The molecule has 0 amide bonds. The third-order valence-corrected chi connectivity index (χ3v) is 4.96. The molecule has 0 radical (unpaired) electrons. The van der Waals surface area contributed by atoms with Gasteiger partial charge in [-0.05, 0) is 44.2 Å². The Labute approximate surface area is 161 Å². The van der Waals surface area contributed by atoms with E-state index in [1.807, 2.05) is 37.3 Å². The summed E-state index contributed by atoms with van der Waals surface area (Å²) in [7, 11) is 1.68. The number of ketones is 1. The Morgan fingerprint density at radius 2 is 1.78 bits per heavy atom. The average molecular weight is 368 g/mol. The fourth-order valence-electron chi connectivity index (χ4n) is 3.50. The van der Waals surface area contributed by atoms with Crippen molar-refractivity contribution in [2.45, 2.75) is 20.4 Å². The smallest absolute Gasteiger partial charge is 0.159 e. The van der Waals surface area contributed by atoms with Crippen molar-refractivity contribution in [1.29, 1.82) is 0 Å². The van der Waals surface area contributed by atoms with E-state index in [-0.39, 0.29) is 5.78 Å². The average Bonchev–Trinajstić information content (AvgIpc) is 2.69. The lowest BCUT2D eigenvalue weighted by atomic mass is 10.1. The van der Waals surface area contributed by atoms with E-state index in [2.05, 4.69) is 21.9 Å². The Hall–Kier alpha value is -2.53. The van der Waals surface area contributed by atoms with Gasteiger partial charge in [0.05, 0.1) is 19.4 Å². The number of Topliss-reactive ketones (excluding diaryl/α,β-unsaturated/α-hetero) is 1. The molecule has 144 valence electrons. The summed E-state index contributed by atoms with van der Waals surface area (Å²) >= 11 is 0. The molecule has 1 heterocycles. The fraction of sp³-hybridized carbons (Fsp3) is 0.409. The number of benzene rings is 2. The van der Waals surface area contributed by atoms with Crippen LogP contribution in [0.2, 0.25) is 0 Å². The van der Waals surface area contributed by atoms with Crippen LogP contribution in [0.4, 0.5) is 5.69 Å². The van der Waals surface area contributed by atoms with Gasteiger partial charge in [-0.25, -0.2) is 0 Å². The Kier molecular flexibility index (Phi) is 6.35. The molecule has 0 N–H and O–H groups in total. The zero-order valence-electron chi connectivity index (χ0n) is 16.4. The summed E-state index contributed by atoms with van der Waals surface area (Å²) in [5.41, 5.74) is 2.96. The van der Waals surface area contributed by atoms with E-state index in [4.69, 9.17) is 9.47 Å². The van der Waals surface area contributed by atoms with Gasteiger partial charge in [-0.2, -0.15) is 0 Å². The van der Waals surface area contributed by atoms with E-state index in [9.17, 15) is 4.79 Å². The van der Waals surface area contributed by atoms with E-state index in [0.29, 0.717) is 6.61 Å². The number of ether oxygens (including phenoxy) is 2. The lowest BCUT2D eigenvalue weighted by molar-refractivity contribution is 0.101. The predicted octanol–water partition coefficient (Wildman–Crippen LogP) is 3.62. The quantitative estimate of drug-likeness (QED) is 0.698. The Balaban J connectivity index is 1.67. The highest BCUT2D eigenvalue weighted by Crippen LogP contribution is 2.29. The number of carbonyl (C=O) groups excluding carboxylic acids is 1. The van der Waals surface area contributed by atoms with Gasteiger partial charge in [0.1, 0.15) is 11.5 Å². The van der Waals surface area contributed by atoms with Crippen molar-refractivity contribution in [2.24, 2.45) is 0 Å². The van der Waals surface area contributed by atoms with Crippen molar-refractivity contribution in [3.63, 3.8) is 0 Å². The normalized spacial score (nSPS) is 14.9. The van der Waals surface area contributed by atoms with Gasteiger partial charge in [0, 0.05) is 43.9 Å². The first-order valence-corrected chi connectivity index (χ1v) is 9.49. The number of methoxy groups -OCH3 is 1. The minimum absolute atomic E-state index is 0.0799. The van der Waals surface area contributed by atoms with E-state index in [1.165, 1.54) is 0 Å². The van der Waals surface area contributed by atoms with Gasteiger partial charge >= 0.3 is 0 Å². The Morgan fingerprint density at radius 1 is 1.04 bits per heavy atom. The molecule has 27 heavy (non-hydrogen) atoms. The van der Waals surface area contributed by atoms with Gasteiger partial charge in [-0.15, -0.1) is 0 Å². The zero-order valence-corrected chi connectivity index (χ0v) is 16.4. The number of rotatable bonds is 7. The topological polar surface area (TPSA) is 42.0 Å². The maximum absolute atomic E-state index is 11.7.